The molecule has 0 saturated heterocycles. The van der Waals surface area contributed by atoms with Crippen molar-refractivity contribution >= 4 is 40.6 Å². The molecule has 0 aliphatic carbocycles. The normalized spacial score (nSPS) is 9.67. The van der Waals surface area contributed by atoms with Crippen molar-refractivity contribution in [3.8, 4) is 11.8 Å². The predicted molar refractivity (Wildman–Crippen MR) is 101 cm³/mol. The van der Waals surface area contributed by atoms with E-state index in [-0.39, 0.29) is 12.6 Å². The molecule has 0 fully saturated rings. The van der Waals surface area contributed by atoms with E-state index in [1.54, 1.807) is 18.2 Å². The minimum absolute atomic E-state index is 0.231. The first-order chi connectivity index (χ1) is 11.5. The first kappa shape index (κ1) is 18.0. The molecule has 0 spiro atoms. The Hall–Kier alpha value is -2.35. The SMILES string of the molecule is CN(C)c1ccccc1C#CCNC(=O)Nc1ccc(Cl)c(Cl)c1. The molecule has 0 atom stereocenters. The first-order valence-corrected chi connectivity index (χ1v) is 7.98. The molecule has 2 N–H and O–H groups in total. The monoisotopic (exact) mass is 361 g/mol. The van der Waals surface area contributed by atoms with Gasteiger partial charge in [0.25, 0.3) is 0 Å². The highest BCUT2D eigenvalue weighted by molar-refractivity contribution is 6.42. The number of rotatable bonds is 3. The molecule has 2 amide bonds. The Balaban J connectivity index is 1.91. The Labute approximate surface area is 151 Å². The number of hydrogen-bond acceptors (Lipinski definition) is 2. The van der Waals surface area contributed by atoms with Gasteiger partial charge in [0.05, 0.1) is 22.3 Å². The first-order valence-electron chi connectivity index (χ1n) is 7.22. The Kier molecular flexibility index (Phi) is 6.36. The number of carbonyl (C=O) groups excluding carboxylic acids is 1. The van der Waals surface area contributed by atoms with E-state index in [9.17, 15) is 4.79 Å². The molecule has 0 bridgehead atoms. The van der Waals surface area contributed by atoms with Gasteiger partial charge < -0.3 is 15.5 Å². The van der Waals surface area contributed by atoms with Crippen LogP contribution in [0, 0.1) is 11.8 Å². The number of anilines is 2. The third-order valence-corrected chi connectivity index (χ3v) is 3.86. The number of carbonyl (C=O) groups is 1. The number of benzene rings is 2. The van der Waals surface area contributed by atoms with Crippen LogP contribution < -0.4 is 15.5 Å². The number of nitrogens with zero attached hydrogens (tertiary/aromatic N) is 1. The lowest BCUT2D eigenvalue weighted by Gasteiger charge is -2.13. The standard InChI is InChI=1S/C18H17Cl2N3O/c1-23(2)17-8-4-3-6-13(17)7-5-11-21-18(24)22-14-9-10-15(19)16(20)12-14/h3-4,6,8-10,12H,11H2,1-2H3,(H2,21,22,24). The van der Waals surface area contributed by atoms with Crippen molar-refractivity contribution in [3.05, 3.63) is 58.1 Å². The average molecular weight is 362 g/mol. The van der Waals surface area contributed by atoms with Crippen LogP contribution in [-0.4, -0.2) is 26.7 Å². The summed E-state index contributed by atoms with van der Waals surface area (Å²) in [5, 5.41) is 6.16. The maximum Gasteiger partial charge on any atom is 0.319 e. The highest BCUT2D eigenvalue weighted by atomic mass is 35.5. The van der Waals surface area contributed by atoms with Crippen LogP contribution in [0.4, 0.5) is 16.2 Å². The van der Waals surface area contributed by atoms with Gasteiger partial charge in [-0.05, 0) is 30.3 Å². The van der Waals surface area contributed by atoms with Gasteiger partial charge in [-0.1, -0.05) is 47.2 Å². The summed E-state index contributed by atoms with van der Waals surface area (Å²) < 4.78 is 0. The van der Waals surface area contributed by atoms with Crippen LogP contribution >= 0.6 is 23.2 Å². The lowest BCUT2D eigenvalue weighted by molar-refractivity contribution is 0.253. The van der Waals surface area contributed by atoms with Gasteiger partial charge in [0.15, 0.2) is 0 Å². The van der Waals surface area contributed by atoms with E-state index in [1.807, 2.05) is 43.3 Å². The molecule has 2 aromatic rings. The largest absolute Gasteiger partial charge is 0.377 e. The second-order valence-electron chi connectivity index (χ2n) is 5.15. The maximum atomic E-state index is 11.8. The van der Waals surface area contributed by atoms with E-state index in [4.69, 9.17) is 23.2 Å². The molecule has 0 heterocycles. The molecule has 2 aromatic carbocycles. The van der Waals surface area contributed by atoms with E-state index in [1.165, 1.54) is 0 Å². The molecule has 0 aliphatic rings. The van der Waals surface area contributed by atoms with Crippen molar-refractivity contribution in [2.75, 3.05) is 30.9 Å². The highest BCUT2D eigenvalue weighted by Crippen LogP contribution is 2.24. The smallest absolute Gasteiger partial charge is 0.319 e. The highest BCUT2D eigenvalue weighted by Gasteiger charge is 2.03. The van der Waals surface area contributed by atoms with Crippen LogP contribution in [0.15, 0.2) is 42.5 Å². The molecule has 124 valence electrons. The molecule has 2 rings (SSSR count). The van der Waals surface area contributed by atoms with Gasteiger partial charge in [-0.25, -0.2) is 4.79 Å². The van der Waals surface area contributed by atoms with Crippen LogP contribution in [0.2, 0.25) is 10.0 Å². The summed E-state index contributed by atoms with van der Waals surface area (Å²) in [4.78, 5) is 13.8. The molecular weight excluding hydrogens is 345 g/mol. The minimum Gasteiger partial charge on any atom is -0.377 e. The zero-order valence-electron chi connectivity index (χ0n) is 13.4. The zero-order valence-corrected chi connectivity index (χ0v) is 14.9. The third kappa shape index (κ3) is 5.09. The summed E-state index contributed by atoms with van der Waals surface area (Å²) in [5.74, 6) is 6.00. The Morgan fingerprint density at radius 2 is 1.88 bits per heavy atom. The molecule has 24 heavy (non-hydrogen) atoms. The summed E-state index contributed by atoms with van der Waals surface area (Å²) in [5.41, 5.74) is 2.51. The summed E-state index contributed by atoms with van der Waals surface area (Å²) in [6, 6.07) is 12.4. The van der Waals surface area contributed by atoms with Crippen LogP contribution in [0.1, 0.15) is 5.56 Å². The van der Waals surface area contributed by atoms with Crippen LogP contribution in [0.5, 0.6) is 0 Å². The number of nitrogens with one attached hydrogen (secondary N) is 2. The van der Waals surface area contributed by atoms with E-state index < -0.39 is 0 Å². The molecule has 0 radical (unpaired) electrons. The lowest BCUT2D eigenvalue weighted by Crippen LogP contribution is -2.28. The number of amides is 2. The van der Waals surface area contributed by atoms with Gasteiger partial charge >= 0.3 is 6.03 Å². The predicted octanol–water partition coefficient (Wildman–Crippen LogP) is 4.23. The fraction of sp³-hybridized carbons (Fsp3) is 0.167. The molecule has 0 aliphatic heterocycles. The number of halogens is 2. The number of para-hydroxylation sites is 1. The van der Waals surface area contributed by atoms with Gasteiger partial charge in [0, 0.05) is 25.3 Å². The number of hydrogen-bond donors (Lipinski definition) is 2. The van der Waals surface area contributed by atoms with Gasteiger partial charge in [-0.15, -0.1) is 0 Å². The Bertz CT molecular complexity index is 794. The van der Waals surface area contributed by atoms with Gasteiger partial charge in [-0.3, -0.25) is 0 Å². The topological polar surface area (TPSA) is 44.4 Å². The van der Waals surface area contributed by atoms with Crippen molar-refractivity contribution in [2.45, 2.75) is 0 Å². The quantitative estimate of drug-likeness (QED) is 0.803. The van der Waals surface area contributed by atoms with Crippen LogP contribution in [-0.2, 0) is 0 Å². The van der Waals surface area contributed by atoms with E-state index in [2.05, 4.69) is 22.5 Å². The summed E-state index contributed by atoms with van der Waals surface area (Å²) in [6.07, 6.45) is 0. The molecule has 4 nitrogen and oxygen atoms in total. The molecule has 0 aromatic heterocycles. The summed E-state index contributed by atoms with van der Waals surface area (Å²) in [7, 11) is 3.92. The fourth-order valence-electron chi connectivity index (χ4n) is 1.98. The summed E-state index contributed by atoms with van der Waals surface area (Å²) >= 11 is 11.7. The zero-order chi connectivity index (χ0) is 17.5. The second kappa shape index (κ2) is 8.49. The van der Waals surface area contributed by atoms with Crippen molar-refractivity contribution < 1.29 is 4.79 Å². The Morgan fingerprint density at radius 3 is 2.58 bits per heavy atom. The molecule has 0 unspecified atom stereocenters. The molecular formula is C18H17Cl2N3O. The van der Waals surface area contributed by atoms with Gasteiger partial charge in [0.2, 0.25) is 0 Å². The fourth-order valence-corrected chi connectivity index (χ4v) is 2.28. The van der Waals surface area contributed by atoms with Crippen LogP contribution in [0.25, 0.3) is 0 Å². The van der Waals surface area contributed by atoms with Crippen LogP contribution in [0.3, 0.4) is 0 Å². The summed E-state index contributed by atoms with van der Waals surface area (Å²) in [6.45, 7) is 0.231. The van der Waals surface area contributed by atoms with E-state index >= 15 is 0 Å². The maximum absolute atomic E-state index is 11.8. The van der Waals surface area contributed by atoms with E-state index in [0.717, 1.165) is 11.3 Å². The van der Waals surface area contributed by atoms with Gasteiger partial charge in [0.1, 0.15) is 0 Å². The third-order valence-electron chi connectivity index (χ3n) is 3.12. The average Bonchev–Trinajstić information content (AvgIpc) is 2.55. The minimum atomic E-state index is -0.358. The number of urea groups is 1. The van der Waals surface area contributed by atoms with Crippen molar-refractivity contribution in [1.82, 2.24) is 5.32 Å². The molecule has 6 heteroatoms. The Morgan fingerprint density at radius 1 is 1.12 bits per heavy atom. The van der Waals surface area contributed by atoms with Crippen molar-refractivity contribution in [1.29, 1.82) is 0 Å². The molecule has 0 saturated carbocycles. The van der Waals surface area contributed by atoms with Crippen molar-refractivity contribution in [2.24, 2.45) is 0 Å². The van der Waals surface area contributed by atoms with Crippen molar-refractivity contribution in [3.63, 3.8) is 0 Å². The lowest BCUT2D eigenvalue weighted by atomic mass is 10.1. The second-order valence-corrected chi connectivity index (χ2v) is 5.96. The van der Waals surface area contributed by atoms with Gasteiger partial charge in [-0.2, -0.15) is 0 Å². The van der Waals surface area contributed by atoms with E-state index in [0.29, 0.717) is 15.7 Å².